The van der Waals surface area contributed by atoms with Gasteiger partial charge in [-0.15, -0.1) is 11.3 Å². The number of aromatic nitrogens is 2. The molecule has 1 fully saturated rings. The number of nitrogens with zero attached hydrogens (tertiary/aromatic N) is 4. The average molecular weight is 354 g/mol. The van der Waals surface area contributed by atoms with E-state index in [1.54, 1.807) is 11.3 Å². The van der Waals surface area contributed by atoms with Crippen LogP contribution in [0.15, 0.2) is 46.3 Å². The third kappa shape index (κ3) is 4.15. The molecular weight excluding hydrogens is 332 g/mol. The largest absolute Gasteiger partial charge is 0.361 e. The molecule has 25 heavy (non-hydrogen) atoms. The molecule has 1 saturated heterocycles. The van der Waals surface area contributed by atoms with E-state index in [1.807, 2.05) is 19.1 Å². The Kier molecular flexibility index (Phi) is 4.92. The zero-order valence-electron chi connectivity index (χ0n) is 14.4. The Morgan fingerprint density at radius 3 is 2.32 bits per heavy atom. The lowest BCUT2D eigenvalue weighted by Gasteiger charge is -2.33. The van der Waals surface area contributed by atoms with Crippen molar-refractivity contribution in [2.45, 2.75) is 20.0 Å². The van der Waals surface area contributed by atoms with Gasteiger partial charge in [0.1, 0.15) is 10.8 Å². The van der Waals surface area contributed by atoms with Gasteiger partial charge in [-0.3, -0.25) is 9.80 Å². The van der Waals surface area contributed by atoms with E-state index in [4.69, 9.17) is 9.51 Å². The minimum atomic E-state index is 0.875. The maximum atomic E-state index is 5.15. The zero-order valence-corrected chi connectivity index (χ0v) is 15.2. The summed E-state index contributed by atoms with van der Waals surface area (Å²) in [5.74, 6) is 0.881. The van der Waals surface area contributed by atoms with Crippen LogP contribution < -0.4 is 0 Å². The van der Waals surface area contributed by atoms with Crippen molar-refractivity contribution < 1.29 is 4.52 Å². The van der Waals surface area contributed by atoms with Crippen LogP contribution in [-0.4, -0.2) is 46.1 Å². The quantitative estimate of drug-likeness (QED) is 0.702. The normalized spacial score (nSPS) is 16.4. The second kappa shape index (κ2) is 7.47. The topological polar surface area (TPSA) is 45.4 Å². The molecule has 5 nitrogen and oxygen atoms in total. The van der Waals surface area contributed by atoms with Gasteiger partial charge in [-0.1, -0.05) is 35.5 Å². The molecular formula is C19H22N4OS. The summed E-state index contributed by atoms with van der Waals surface area (Å²) in [5.41, 5.74) is 3.40. The lowest BCUT2D eigenvalue weighted by molar-refractivity contribution is 0.119. The Morgan fingerprint density at radius 1 is 1.00 bits per heavy atom. The minimum Gasteiger partial charge on any atom is -0.361 e. The molecule has 4 rings (SSSR count). The molecule has 0 unspecified atom stereocenters. The lowest BCUT2D eigenvalue weighted by atomic mass is 10.2. The highest BCUT2D eigenvalue weighted by Gasteiger charge is 2.19. The van der Waals surface area contributed by atoms with Gasteiger partial charge in [0.2, 0.25) is 0 Å². The Morgan fingerprint density at radius 2 is 1.68 bits per heavy atom. The molecule has 6 heteroatoms. The molecule has 1 aromatic carbocycles. The van der Waals surface area contributed by atoms with Crippen LogP contribution in [0.5, 0.6) is 0 Å². The first kappa shape index (κ1) is 16.4. The summed E-state index contributed by atoms with van der Waals surface area (Å²) in [6.45, 7) is 7.99. The SMILES string of the molecule is Cc1cc(CN2CCN(Cc3csc(-c4ccccc4)n3)CC2)no1. The Bertz CT molecular complexity index is 806. The smallest absolute Gasteiger partial charge is 0.133 e. The van der Waals surface area contributed by atoms with Crippen LogP contribution in [-0.2, 0) is 13.1 Å². The van der Waals surface area contributed by atoms with Crippen molar-refractivity contribution in [3.8, 4) is 10.6 Å². The van der Waals surface area contributed by atoms with E-state index in [9.17, 15) is 0 Å². The van der Waals surface area contributed by atoms with Crippen LogP contribution in [0.4, 0.5) is 0 Å². The van der Waals surface area contributed by atoms with E-state index in [1.165, 1.54) is 11.3 Å². The van der Waals surface area contributed by atoms with E-state index >= 15 is 0 Å². The molecule has 0 aliphatic carbocycles. The van der Waals surface area contributed by atoms with E-state index in [2.05, 4.69) is 44.6 Å². The molecule has 3 aromatic rings. The summed E-state index contributed by atoms with van der Waals surface area (Å²) in [5, 5.41) is 7.38. The van der Waals surface area contributed by atoms with Crippen LogP contribution in [0.25, 0.3) is 10.6 Å². The highest BCUT2D eigenvalue weighted by Crippen LogP contribution is 2.24. The molecule has 0 radical (unpaired) electrons. The molecule has 0 bridgehead atoms. The number of hydrogen-bond donors (Lipinski definition) is 0. The number of rotatable bonds is 5. The summed E-state index contributed by atoms with van der Waals surface area (Å²) in [7, 11) is 0. The van der Waals surface area contributed by atoms with E-state index in [0.29, 0.717) is 0 Å². The van der Waals surface area contributed by atoms with Gasteiger partial charge in [0, 0.05) is 56.3 Å². The number of aryl methyl sites for hydroxylation is 1. The summed E-state index contributed by atoms with van der Waals surface area (Å²) in [4.78, 5) is 9.72. The number of thiazole rings is 1. The van der Waals surface area contributed by atoms with Crippen molar-refractivity contribution in [3.63, 3.8) is 0 Å². The minimum absolute atomic E-state index is 0.875. The predicted molar refractivity (Wildman–Crippen MR) is 99.3 cm³/mol. The van der Waals surface area contributed by atoms with Crippen molar-refractivity contribution in [2.75, 3.05) is 26.2 Å². The molecule has 130 valence electrons. The van der Waals surface area contributed by atoms with Gasteiger partial charge >= 0.3 is 0 Å². The van der Waals surface area contributed by atoms with Gasteiger partial charge in [0.25, 0.3) is 0 Å². The van der Waals surface area contributed by atoms with Crippen LogP contribution in [0, 0.1) is 6.92 Å². The molecule has 0 amide bonds. The Hall–Kier alpha value is -2.02. The van der Waals surface area contributed by atoms with Crippen molar-refractivity contribution >= 4 is 11.3 Å². The summed E-state index contributed by atoms with van der Waals surface area (Å²) in [6.07, 6.45) is 0. The lowest BCUT2D eigenvalue weighted by Crippen LogP contribution is -2.45. The van der Waals surface area contributed by atoms with Gasteiger partial charge < -0.3 is 4.52 Å². The molecule has 1 aliphatic rings. The molecule has 1 aliphatic heterocycles. The Balaban J connectivity index is 1.29. The molecule has 0 saturated carbocycles. The second-order valence-corrected chi connectivity index (χ2v) is 7.35. The molecule has 2 aromatic heterocycles. The fourth-order valence-corrected chi connectivity index (χ4v) is 3.97. The van der Waals surface area contributed by atoms with Crippen molar-refractivity contribution in [1.82, 2.24) is 19.9 Å². The van der Waals surface area contributed by atoms with E-state index in [-0.39, 0.29) is 0 Å². The number of benzene rings is 1. The maximum Gasteiger partial charge on any atom is 0.133 e. The Labute approximate surface area is 151 Å². The van der Waals surface area contributed by atoms with Gasteiger partial charge in [-0.25, -0.2) is 4.98 Å². The maximum absolute atomic E-state index is 5.15. The highest BCUT2D eigenvalue weighted by atomic mass is 32.1. The van der Waals surface area contributed by atoms with E-state index in [0.717, 1.165) is 55.7 Å². The standard InChI is InChI=1S/C19H22N4OS/c1-15-11-17(21-24-15)12-22-7-9-23(10-8-22)13-18-14-25-19(20-18)16-5-3-2-4-6-16/h2-6,11,14H,7-10,12-13H2,1H3. The predicted octanol–water partition coefficient (Wildman–Crippen LogP) is 3.42. The summed E-state index contributed by atoms with van der Waals surface area (Å²) in [6, 6.07) is 12.4. The first-order valence-corrected chi connectivity index (χ1v) is 9.51. The zero-order chi connectivity index (χ0) is 17.1. The molecule has 0 atom stereocenters. The first-order chi connectivity index (χ1) is 12.3. The van der Waals surface area contributed by atoms with Gasteiger partial charge in [-0.2, -0.15) is 0 Å². The van der Waals surface area contributed by atoms with Crippen LogP contribution in [0.3, 0.4) is 0 Å². The molecule has 0 N–H and O–H groups in total. The summed E-state index contributed by atoms with van der Waals surface area (Å²) < 4.78 is 5.15. The van der Waals surface area contributed by atoms with Crippen LogP contribution >= 0.6 is 11.3 Å². The highest BCUT2D eigenvalue weighted by molar-refractivity contribution is 7.13. The fraction of sp³-hybridized carbons (Fsp3) is 0.368. The molecule has 3 heterocycles. The number of hydrogen-bond acceptors (Lipinski definition) is 6. The van der Waals surface area contributed by atoms with Crippen LogP contribution in [0.2, 0.25) is 0 Å². The number of piperazine rings is 1. The third-order valence-corrected chi connectivity index (χ3v) is 5.43. The fourth-order valence-electron chi connectivity index (χ4n) is 3.15. The van der Waals surface area contributed by atoms with Gasteiger partial charge in [-0.05, 0) is 6.92 Å². The van der Waals surface area contributed by atoms with Gasteiger partial charge in [0.05, 0.1) is 11.4 Å². The van der Waals surface area contributed by atoms with E-state index < -0.39 is 0 Å². The average Bonchev–Trinajstić information content (AvgIpc) is 3.27. The van der Waals surface area contributed by atoms with Crippen LogP contribution in [0.1, 0.15) is 17.1 Å². The van der Waals surface area contributed by atoms with Crippen molar-refractivity contribution in [2.24, 2.45) is 0 Å². The van der Waals surface area contributed by atoms with Crippen molar-refractivity contribution in [1.29, 1.82) is 0 Å². The summed E-state index contributed by atoms with van der Waals surface area (Å²) >= 11 is 1.73. The third-order valence-electron chi connectivity index (χ3n) is 4.49. The first-order valence-electron chi connectivity index (χ1n) is 8.63. The van der Waals surface area contributed by atoms with Gasteiger partial charge in [0.15, 0.2) is 0 Å². The monoisotopic (exact) mass is 354 g/mol. The second-order valence-electron chi connectivity index (χ2n) is 6.49. The molecule has 0 spiro atoms. The van der Waals surface area contributed by atoms with Crippen molar-refractivity contribution in [3.05, 3.63) is 58.9 Å².